The second-order valence-electron chi connectivity index (χ2n) is 3.35. The molecule has 1 amide bonds. The zero-order chi connectivity index (χ0) is 12.7. The molecule has 5 nitrogen and oxygen atoms in total. The van der Waals surface area contributed by atoms with Crippen molar-refractivity contribution in [1.82, 2.24) is 9.88 Å². The zero-order valence-corrected chi connectivity index (χ0v) is 10.0. The van der Waals surface area contributed by atoms with Gasteiger partial charge in [-0.2, -0.15) is 5.26 Å². The van der Waals surface area contributed by atoms with Crippen LogP contribution in [0.4, 0.5) is 0 Å². The van der Waals surface area contributed by atoms with Gasteiger partial charge in [0.15, 0.2) is 0 Å². The summed E-state index contributed by atoms with van der Waals surface area (Å²) in [6.45, 7) is 2.85. The van der Waals surface area contributed by atoms with E-state index in [1.807, 2.05) is 13.0 Å². The van der Waals surface area contributed by atoms with Crippen molar-refractivity contribution in [2.45, 2.75) is 13.3 Å². The molecule has 90 valence electrons. The van der Waals surface area contributed by atoms with E-state index in [9.17, 15) is 4.79 Å². The second kappa shape index (κ2) is 6.48. The molecule has 0 aromatic carbocycles. The molecule has 0 spiro atoms. The van der Waals surface area contributed by atoms with Crippen molar-refractivity contribution < 1.29 is 9.53 Å². The Morgan fingerprint density at radius 1 is 1.65 bits per heavy atom. The molecule has 17 heavy (non-hydrogen) atoms. The molecule has 0 saturated carbocycles. The van der Waals surface area contributed by atoms with Crippen molar-refractivity contribution in [3.8, 4) is 11.9 Å². The third-order valence-corrected chi connectivity index (χ3v) is 2.36. The smallest absolute Gasteiger partial charge is 0.259 e. The summed E-state index contributed by atoms with van der Waals surface area (Å²) >= 11 is 0. The van der Waals surface area contributed by atoms with Gasteiger partial charge in [0.05, 0.1) is 19.6 Å². The molecule has 1 aromatic heterocycles. The van der Waals surface area contributed by atoms with Gasteiger partial charge in [0.25, 0.3) is 5.91 Å². The third kappa shape index (κ3) is 3.18. The van der Waals surface area contributed by atoms with Crippen molar-refractivity contribution in [2.75, 3.05) is 20.2 Å². The predicted molar refractivity (Wildman–Crippen MR) is 62.6 cm³/mol. The monoisotopic (exact) mass is 233 g/mol. The van der Waals surface area contributed by atoms with Gasteiger partial charge in [-0.3, -0.25) is 4.79 Å². The summed E-state index contributed by atoms with van der Waals surface area (Å²) in [5.41, 5.74) is 0.426. The van der Waals surface area contributed by atoms with Crippen LogP contribution in [0.15, 0.2) is 18.3 Å². The van der Waals surface area contributed by atoms with Crippen molar-refractivity contribution in [3.63, 3.8) is 0 Å². The van der Waals surface area contributed by atoms with Gasteiger partial charge in [0.1, 0.15) is 5.56 Å². The summed E-state index contributed by atoms with van der Waals surface area (Å²) in [5.74, 6) is 0.153. The molecule has 0 saturated heterocycles. The SMILES string of the molecule is CCN(CCC#N)C(=O)c1cccnc1OC. The average Bonchev–Trinajstić information content (AvgIpc) is 2.39. The van der Waals surface area contributed by atoms with E-state index in [1.165, 1.54) is 7.11 Å². The number of pyridine rings is 1. The normalized spacial score (nSPS) is 9.47. The highest BCUT2D eigenvalue weighted by Crippen LogP contribution is 2.16. The quantitative estimate of drug-likeness (QED) is 0.772. The molecule has 1 heterocycles. The fourth-order valence-electron chi connectivity index (χ4n) is 1.47. The number of nitrogens with zero attached hydrogens (tertiary/aromatic N) is 3. The molecule has 0 atom stereocenters. The summed E-state index contributed by atoms with van der Waals surface area (Å²) in [4.78, 5) is 17.7. The lowest BCUT2D eigenvalue weighted by molar-refractivity contribution is 0.0763. The lowest BCUT2D eigenvalue weighted by atomic mass is 10.2. The Balaban J connectivity index is 2.90. The number of nitriles is 1. The topological polar surface area (TPSA) is 66.2 Å². The van der Waals surface area contributed by atoms with Gasteiger partial charge in [0, 0.05) is 19.3 Å². The number of carbonyl (C=O) groups is 1. The summed E-state index contributed by atoms with van der Waals surface area (Å²) in [6, 6.07) is 5.38. The van der Waals surface area contributed by atoms with E-state index >= 15 is 0 Å². The molecule has 0 aliphatic carbocycles. The number of hydrogen-bond donors (Lipinski definition) is 0. The second-order valence-corrected chi connectivity index (χ2v) is 3.35. The first-order chi connectivity index (χ1) is 8.24. The van der Waals surface area contributed by atoms with E-state index in [4.69, 9.17) is 10.00 Å². The molecule has 0 unspecified atom stereocenters. The summed E-state index contributed by atoms with van der Waals surface area (Å²) in [7, 11) is 1.48. The minimum Gasteiger partial charge on any atom is -0.480 e. The van der Waals surface area contributed by atoms with E-state index in [0.29, 0.717) is 31.0 Å². The third-order valence-electron chi connectivity index (χ3n) is 2.36. The summed E-state index contributed by atoms with van der Waals surface area (Å²) in [6.07, 6.45) is 1.89. The molecule has 0 radical (unpaired) electrons. The Bertz CT molecular complexity index is 426. The van der Waals surface area contributed by atoms with E-state index < -0.39 is 0 Å². The fourth-order valence-corrected chi connectivity index (χ4v) is 1.47. The highest BCUT2D eigenvalue weighted by atomic mass is 16.5. The van der Waals surface area contributed by atoms with Crippen LogP contribution in [0.1, 0.15) is 23.7 Å². The van der Waals surface area contributed by atoms with Crippen LogP contribution in [0.3, 0.4) is 0 Å². The lowest BCUT2D eigenvalue weighted by Gasteiger charge is -2.20. The van der Waals surface area contributed by atoms with Crippen LogP contribution in [-0.2, 0) is 0 Å². The van der Waals surface area contributed by atoms with E-state index in [1.54, 1.807) is 23.2 Å². The van der Waals surface area contributed by atoms with E-state index in [2.05, 4.69) is 4.98 Å². The molecule has 1 rings (SSSR count). The van der Waals surface area contributed by atoms with Crippen LogP contribution < -0.4 is 4.74 Å². The Morgan fingerprint density at radius 2 is 2.41 bits per heavy atom. The van der Waals surface area contributed by atoms with Crippen LogP contribution in [-0.4, -0.2) is 36.0 Å². The molecule has 5 heteroatoms. The first-order valence-corrected chi connectivity index (χ1v) is 5.39. The zero-order valence-electron chi connectivity index (χ0n) is 10.0. The standard InChI is InChI=1S/C12H15N3O2/c1-3-15(9-5-7-13)12(16)10-6-4-8-14-11(10)17-2/h4,6,8H,3,5,9H2,1-2H3. The summed E-state index contributed by atoms with van der Waals surface area (Å²) < 4.78 is 5.04. The van der Waals surface area contributed by atoms with Crippen molar-refractivity contribution in [2.24, 2.45) is 0 Å². The Kier molecular flexibility index (Phi) is 4.95. The molecular weight excluding hydrogens is 218 g/mol. The number of rotatable bonds is 5. The van der Waals surface area contributed by atoms with Gasteiger partial charge in [-0.15, -0.1) is 0 Å². The fraction of sp³-hybridized carbons (Fsp3) is 0.417. The van der Waals surface area contributed by atoms with Crippen LogP contribution in [0.2, 0.25) is 0 Å². The number of ether oxygens (including phenoxy) is 1. The number of methoxy groups -OCH3 is 1. The molecular formula is C12H15N3O2. The highest BCUT2D eigenvalue weighted by Gasteiger charge is 2.18. The van der Waals surface area contributed by atoms with Crippen LogP contribution in [0.5, 0.6) is 5.88 Å². The molecule has 0 N–H and O–H groups in total. The van der Waals surface area contributed by atoms with Gasteiger partial charge in [-0.1, -0.05) is 0 Å². The predicted octanol–water partition coefficient (Wildman–Crippen LogP) is 1.47. The molecule has 0 aliphatic heterocycles. The Morgan fingerprint density at radius 3 is 3.00 bits per heavy atom. The van der Waals surface area contributed by atoms with Gasteiger partial charge >= 0.3 is 0 Å². The largest absolute Gasteiger partial charge is 0.480 e. The molecule has 0 aliphatic rings. The van der Waals surface area contributed by atoms with E-state index in [-0.39, 0.29) is 5.91 Å². The maximum atomic E-state index is 12.2. The van der Waals surface area contributed by atoms with E-state index in [0.717, 1.165) is 0 Å². The molecule has 0 bridgehead atoms. The number of hydrogen-bond acceptors (Lipinski definition) is 4. The first-order valence-electron chi connectivity index (χ1n) is 5.39. The van der Waals surface area contributed by atoms with Gasteiger partial charge in [-0.05, 0) is 19.1 Å². The lowest BCUT2D eigenvalue weighted by Crippen LogP contribution is -2.32. The highest BCUT2D eigenvalue weighted by molar-refractivity contribution is 5.96. The van der Waals surface area contributed by atoms with Crippen LogP contribution in [0, 0.1) is 11.3 Å². The van der Waals surface area contributed by atoms with Crippen LogP contribution >= 0.6 is 0 Å². The van der Waals surface area contributed by atoms with Crippen molar-refractivity contribution >= 4 is 5.91 Å². The number of carbonyl (C=O) groups excluding carboxylic acids is 1. The molecule has 1 aromatic rings. The van der Waals surface area contributed by atoms with Gasteiger partial charge in [0.2, 0.25) is 5.88 Å². The van der Waals surface area contributed by atoms with Crippen molar-refractivity contribution in [3.05, 3.63) is 23.9 Å². The number of amides is 1. The van der Waals surface area contributed by atoms with Gasteiger partial charge in [-0.25, -0.2) is 4.98 Å². The average molecular weight is 233 g/mol. The Hall–Kier alpha value is -2.09. The minimum atomic E-state index is -0.160. The van der Waals surface area contributed by atoms with Gasteiger partial charge < -0.3 is 9.64 Å². The maximum Gasteiger partial charge on any atom is 0.259 e. The van der Waals surface area contributed by atoms with Crippen molar-refractivity contribution in [1.29, 1.82) is 5.26 Å². The Labute approximate surface area is 101 Å². The summed E-state index contributed by atoms with van der Waals surface area (Å²) in [5, 5.41) is 8.54. The number of aromatic nitrogens is 1. The molecule has 0 fully saturated rings. The maximum absolute atomic E-state index is 12.2. The first kappa shape index (κ1) is 13.0. The van der Waals surface area contributed by atoms with Crippen LogP contribution in [0.25, 0.3) is 0 Å². The minimum absolute atomic E-state index is 0.160.